The number of hydrogen-bond acceptors (Lipinski definition) is 6. The highest BCUT2D eigenvalue weighted by Crippen LogP contribution is 2.24. The highest BCUT2D eigenvalue weighted by molar-refractivity contribution is 6.61. The van der Waals surface area contributed by atoms with Gasteiger partial charge in [0.1, 0.15) is 12.0 Å². The van der Waals surface area contributed by atoms with Crippen LogP contribution in [0.25, 0.3) is 11.0 Å². The van der Waals surface area contributed by atoms with E-state index in [-0.39, 0.29) is 0 Å². The summed E-state index contributed by atoms with van der Waals surface area (Å²) >= 11 is 0. The molecular formula is C19H22BN5O2. The molecule has 138 valence electrons. The maximum atomic E-state index is 9.74. The van der Waals surface area contributed by atoms with Crippen molar-refractivity contribution in [3.63, 3.8) is 0 Å². The van der Waals surface area contributed by atoms with Gasteiger partial charge in [-0.05, 0) is 42.1 Å². The lowest BCUT2D eigenvalue weighted by atomic mass is 9.79. The molecule has 0 atom stereocenters. The summed E-state index contributed by atoms with van der Waals surface area (Å²) < 4.78 is 7.39. The Morgan fingerprint density at radius 1 is 1.33 bits per heavy atom. The summed E-state index contributed by atoms with van der Waals surface area (Å²) in [4.78, 5) is 8.90. The molecule has 0 saturated carbocycles. The predicted molar refractivity (Wildman–Crippen MR) is 107 cm³/mol. The van der Waals surface area contributed by atoms with Crippen molar-refractivity contribution in [1.82, 2.24) is 14.5 Å². The molecule has 0 spiro atoms. The van der Waals surface area contributed by atoms with Crippen molar-refractivity contribution in [2.45, 2.75) is 33.4 Å². The Balaban J connectivity index is 1.63. The molecule has 1 N–H and O–H groups in total. The number of hydrogen-bond donors (Lipinski definition) is 1. The van der Waals surface area contributed by atoms with Crippen molar-refractivity contribution in [2.75, 3.05) is 11.6 Å². The minimum Gasteiger partial charge on any atom is -0.423 e. The van der Waals surface area contributed by atoms with Crippen LogP contribution >= 0.6 is 0 Å². The maximum absolute atomic E-state index is 9.74. The van der Waals surface area contributed by atoms with E-state index in [2.05, 4.69) is 32.8 Å². The first-order chi connectivity index (χ1) is 13.2. The maximum Gasteiger partial charge on any atom is 0.491 e. The van der Waals surface area contributed by atoms with Gasteiger partial charge in [-0.3, -0.25) is 0 Å². The number of anilines is 1. The molecule has 7 nitrogen and oxygen atoms in total. The van der Waals surface area contributed by atoms with Crippen LogP contribution in [0, 0.1) is 0 Å². The van der Waals surface area contributed by atoms with Gasteiger partial charge in [-0.15, -0.1) is 0 Å². The molecule has 2 aromatic heterocycles. The van der Waals surface area contributed by atoms with Gasteiger partial charge in [0.2, 0.25) is 0 Å². The van der Waals surface area contributed by atoms with Crippen molar-refractivity contribution in [3.05, 3.63) is 47.9 Å². The van der Waals surface area contributed by atoms with Crippen molar-refractivity contribution in [2.24, 2.45) is 5.10 Å². The van der Waals surface area contributed by atoms with Crippen LogP contribution in [-0.4, -0.2) is 39.4 Å². The summed E-state index contributed by atoms with van der Waals surface area (Å²) in [6.45, 7) is 6.23. The molecule has 1 aliphatic rings. The van der Waals surface area contributed by atoms with Gasteiger partial charge in [0.15, 0.2) is 5.82 Å². The van der Waals surface area contributed by atoms with Crippen LogP contribution in [0.4, 0.5) is 5.82 Å². The molecule has 0 bridgehead atoms. The van der Waals surface area contributed by atoms with Crippen molar-refractivity contribution in [3.8, 4) is 0 Å². The number of rotatable bonds is 6. The second-order valence-electron chi connectivity index (χ2n) is 6.53. The molecule has 1 aliphatic heterocycles. The van der Waals surface area contributed by atoms with E-state index in [0.29, 0.717) is 13.2 Å². The third-order valence-corrected chi connectivity index (χ3v) is 4.72. The van der Waals surface area contributed by atoms with Gasteiger partial charge in [0, 0.05) is 19.3 Å². The normalized spacial score (nSPS) is 13.7. The van der Waals surface area contributed by atoms with E-state index in [9.17, 15) is 5.02 Å². The minimum atomic E-state index is -0.820. The van der Waals surface area contributed by atoms with Crippen LogP contribution in [-0.2, 0) is 17.8 Å². The quantitative estimate of drug-likeness (QED) is 0.411. The first-order valence-electron chi connectivity index (χ1n) is 9.25. The molecule has 8 heteroatoms. The number of benzene rings is 1. The molecule has 3 heterocycles. The monoisotopic (exact) mass is 363 g/mol. The lowest BCUT2D eigenvalue weighted by Crippen LogP contribution is -2.27. The van der Waals surface area contributed by atoms with Crippen molar-refractivity contribution < 1.29 is 9.68 Å². The Hall–Kier alpha value is -2.71. The summed E-state index contributed by atoms with van der Waals surface area (Å²) in [7, 11) is -0.820. The fraction of sp³-hybridized carbons (Fsp3) is 0.316. The molecule has 1 aromatic carbocycles. The van der Waals surface area contributed by atoms with E-state index in [4.69, 9.17) is 4.65 Å². The summed E-state index contributed by atoms with van der Waals surface area (Å²) in [5.41, 5.74) is 3.71. The van der Waals surface area contributed by atoms with Gasteiger partial charge in [0.25, 0.3) is 0 Å². The third-order valence-electron chi connectivity index (χ3n) is 4.72. The Labute approximate surface area is 158 Å². The number of fused-ring (bicyclic) bond motifs is 2. The molecule has 0 aliphatic carbocycles. The fourth-order valence-corrected chi connectivity index (χ4v) is 3.37. The molecule has 0 saturated heterocycles. The van der Waals surface area contributed by atoms with E-state index in [1.807, 2.05) is 42.4 Å². The average molecular weight is 363 g/mol. The van der Waals surface area contributed by atoms with Crippen molar-refractivity contribution >= 4 is 35.6 Å². The highest BCUT2D eigenvalue weighted by atomic mass is 16.5. The topological polar surface area (TPSA) is 75.8 Å². The van der Waals surface area contributed by atoms with Gasteiger partial charge in [-0.25, -0.2) is 15.0 Å². The fourth-order valence-electron chi connectivity index (χ4n) is 3.37. The highest BCUT2D eigenvalue weighted by Gasteiger charge is 2.26. The lowest BCUT2D eigenvalue weighted by Gasteiger charge is -2.16. The van der Waals surface area contributed by atoms with Gasteiger partial charge in [0.05, 0.1) is 18.2 Å². The molecular weight excluding hydrogens is 341 g/mol. The zero-order valence-electron chi connectivity index (χ0n) is 15.5. The van der Waals surface area contributed by atoms with Crippen LogP contribution in [0.3, 0.4) is 0 Å². The summed E-state index contributed by atoms with van der Waals surface area (Å²) in [5.74, 6) is 0.800. The first kappa shape index (κ1) is 17.7. The number of aryl methyl sites for hydroxylation is 1. The van der Waals surface area contributed by atoms with E-state index < -0.39 is 7.12 Å². The van der Waals surface area contributed by atoms with Crippen molar-refractivity contribution in [1.29, 1.82) is 0 Å². The standard InChI is InChI=1S/C19H22BN5O2/c1-3-8-24-9-7-16-18(24)21-13-22-19(16)25(4-2)23-11-14-5-6-17-15(10-14)12-27-20(17)26/h5-7,9-11,13,26H,3-4,8,12H2,1-2H3/b23-11+. The lowest BCUT2D eigenvalue weighted by molar-refractivity contribution is 0.275. The molecule has 0 unspecified atom stereocenters. The Bertz CT molecular complexity index is 987. The summed E-state index contributed by atoms with van der Waals surface area (Å²) in [6, 6.07) is 7.86. The van der Waals surface area contributed by atoms with Gasteiger partial charge in [-0.2, -0.15) is 5.10 Å². The summed E-state index contributed by atoms with van der Waals surface area (Å²) in [5, 5.41) is 17.2. The number of aromatic nitrogens is 3. The molecule has 3 aromatic rings. The Morgan fingerprint density at radius 3 is 3.04 bits per heavy atom. The molecule has 27 heavy (non-hydrogen) atoms. The Morgan fingerprint density at radius 2 is 2.22 bits per heavy atom. The van der Waals surface area contributed by atoms with Crippen LogP contribution in [0.2, 0.25) is 0 Å². The van der Waals surface area contributed by atoms with Crippen LogP contribution in [0.5, 0.6) is 0 Å². The predicted octanol–water partition coefficient (Wildman–Crippen LogP) is 1.92. The first-order valence-corrected chi connectivity index (χ1v) is 9.25. The molecule has 0 radical (unpaired) electrons. The minimum absolute atomic E-state index is 0.424. The zero-order chi connectivity index (χ0) is 18.8. The van der Waals surface area contributed by atoms with Gasteiger partial charge >= 0.3 is 7.12 Å². The Kier molecular flexibility index (Phi) is 4.91. The number of hydrazone groups is 1. The largest absolute Gasteiger partial charge is 0.491 e. The van der Waals surface area contributed by atoms with Crippen LogP contribution < -0.4 is 10.5 Å². The van der Waals surface area contributed by atoms with Gasteiger partial charge in [-0.1, -0.05) is 19.1 Å². The molecule has 4 rings (SSSR count). The van der Waals surface area contributed by atoms with E-state index in [1.165, 1.54) is 0 Å². The smallest absolute Gasteiger partial charge is 0.423 e. The van der Waals surface area contributed by atoms with E-state index in [0.717, 1.165) is 46.4 Å². The SMILES string of the molecule is CCCn1ccc2c(N(CC)/N=C/c3ccc4c(c3)COB4O)ncnc21. The van der Waals surface area contributed by atoms with E-state index >= 15 is 0 Å². The van der Waals surface area contributed by atoms with Gasteiger partial charge < -0.3 is 14.2 Å². The molecule has 0 fully saturated rings. The van der Waals surface area contributed by atoms with Crippen LogP contribution in [0.15, 0.2) is 41.9 Å². The zero-order valence-corrected chi connectivity index (χ0v) is 15.5. The average Bonchev–Trinajstić information content (AvgIpc) is 3.27. The molecule has 0 amide bonds. The second-order valence-corrected chi connectivity index (χ2v) is 6.53. The number of nitrogens with zero attached hydrogens (tertiary/aromatic N) is 5. The van der Waals surface area contributed by atoms with Crippen LogP contribution in [0.1, 0.15) is 31.4 Å². The second kappa shape index (κ2) is 7.50. The third kappa shape index (κ3) is 3.33. The van der Waals surface area contributed by atoms with E-state index in [1.54, 1.807) is 6.33 Å². The summed E-state index contributed by atoms with van der Waals surface area (Å²) in [6.07, 6.45) is 6.51.